The molecule has 2 aromatic heterocycles. The average Bonchev–Trinajstić information content (AvgIpc) is 3.63. The van der Waals surface area contributed by atoms with E-state index in [0.29, 0.717) is 22.8 Å². The van der Waals surface area contributed by atoms with Gasteiger partial charge in [-0.25, -0.2) is 22.8 Å². The fraction of sp³-hybridized carbons (Fsp3) is 0.133. The molecule has 0 bridgehead atoms. The van der Waals surface area contributed by atoms with Crippen LogP contribution in [0.4, 0.5) is 13.2 Å². The van der Waals surface area contributed by atoms with Crippen molar-refractivity contribution in [1.29, 1.82) is 0 Å². The Balaban J connectivity index is 1.26. The van der Waals surface area contributed by atoms with E-state index in [0.717, 1.165) is 11.6 Å². The van der Waals surface area contributed by atoms with Crippen LogP contribution in [-0.2, 0) is 25.2 Å². The van der Waals surface area contributed by atoms with Crippen molar-refractivity contribution in [3.05, 3.63) is 137 Å². The first-order valence-corrected chi connectivity index (χ1v) is 12.4. The van der Waals surface area contributed by atoms with Crippen LogP contribution in [0.1, 0.15) is 32.6 Å². The van der Waals surface area contributed by atoms with Crippen molar-refractivity contribution in [2.24, 2.45) is 0 Å². The molecule has 0 radical (unpaired) electrons. The van der Waals surface area contributed by atoms with Crippen molar-refractivity contribution in [1.82, 2.24) is 29.9 Å². The molecule has 5 rings (SSSR count). The summed E-state index contributed by atoms with van der Waals surface area (Å²) < 4.78 is 44.0. The fourth-order valence-electron chi connectivity index (χ4n) is 4.19. The predicted molar refractivity (Wildman–Crippen MR) is 142 cm³/mol. The standard InChI is InChI=1S/C30H23F3N6O2/c31-25-9-5-22(6-10-25)14-35-29(40)24-7-3-21(4-8-24)1-2-23-15-36-38(16-23)17-30(41,18-39-20-34-19-37-39)27-12-11-26(32)13-28(27)33/h3-13,15-16,19-20,41H,14,17-18H2,(H,35,40). The van der Waals surface area contributed by atoms with E-state index in [-0.39, 0.29) is 36.9 Å². The van der Waals surface area contributed by atoms with E-state index in [4.69, 9.17) is 0 Å². The van der Waals surface area contributed by atoms with Crippen LogP contribution in [-0.4, -0.2) is 35.6 Å². The lowest BCUT2D eigenvalue weighted by Crippen LogP contribution is -2.37. The van der Waals surface area contributed by atoms with Crippen LogP contribution in [0.5, 0.6) is 0 Å². The number of halogens is 3. The van der Waals surface area contributed by atoms with Gasteiger partial charge in [0.25, 0.3) is 5.91 Å². The number of rotatable bonds is 8. The second-order valence-electron chi connectivity index (χ2n) is 9.31. The van der Waals surface area contributed by atoms with Crippen LogP contribution in [0.3, 0.4) is 0 Å². The molecule has 0 saturated heterocycles. The normalized spacial score (nSPS) is 12.3. The first-order chi connectivity index (χ1) is 19.8. The molecule has 2 heterocycles. The van der Waals surface area contributed by atoms with E-state index in [1.165, 1.54) is 46.4 Å². The van der Waals surface area contributed by atoms with E-state index in [2.05, 4.69) is 32.3 Å². The zero-order valence-corrected chi connectivity index (χ0v) is 21.5. The number of aromatic nitrogens is 5. The number of amides is 1. The summed E-state index contributed by atoms with van der Waals surface area (Å²) in [5, 5.41) is 22.5. The summed E-state index contributed by atoms with van der Waals surface area (Å²) in [4.78, 5) is 16.3. The van der Waals surface area contributed by atoms with Crippen LogP contribution in [0, 0.1) is 29.3 Å². The Hall–Kier alpha value is -5.21. The number of hydrogen-bond donors (Lipinski definition) is 2. The maximum absolute atomic E-state index is 14.7. The van der Waals surface area contributed by atoms with E-state index in [9.17, 15) is 23.1 Å². The second-order valence-corrected chi connectivity index (χ2v) is 9.31. The molecule has 0 saturated carbocycles. The minimum absolute atomic E-state index is 0.112. The van der Waals surface area contributed by atoms with Gasteiger partial charge in [-0.05, 0) is 48.0 Å². The van der Waals surface area contributed by atoms with Crippen molar-refractivity contribution in [2.75, 3.05) is 0 Å². The number of nitrogens with zero attached hydrogens (tertiary/aromatic N) is 5. The lowest BCUT2D eigenvalue weighted by atomic mass is 9.93. The monoisotopic (exact) mass is 556 g/mol. The maximum atomic E-state index is 14.7. The van der Waals surface area contributed by atoms with Crippen molar-refractivity contribution < 1.29 is 23.1 Å². The lowest BCUT2D eigenvalue weighted by Gasteiger charge is -2.28. The van der Waals surface area contributed by atoms with Crippen molar-refractivity contribution in [2.45, 2.75) is 25.2 Å². The number of aliphatic hydroxyl groups is 1. The molecule has 0 aliphatic rings. The number of nitrogens with one attached hydrogen (secondary N) is 1. The highest BCUT2D eigenvalue weighted by molar-refractivity contribution is 5.94. The Bertz CT molecular complexity index is 1710. The highest BCUT2D eigenvalue weighted by Crippen LogP contribution is 2.28. The topological polar surface area (TPSA) is 97.9 Å². The van der Waals surface area contributed by atoms with Gasteiger partial charge >= 0.3 is 0 Å². The molecule has 41 heavy (non-hydrogen) atoms. The summed E-state index contributed by atoms with van der Waals surface area (Å²) in [7, 11) is 0. The van der Waals surface area contributed by atoms with E-state index < -0.39 is 17.2 Å². The Morgan fingerprint density at radius 1 is 0.878 bits per heavy atom. The van der Waals surface area contributed by atoms with Gasteiger partial charge < -0.3 is 10.4 Å². The molecule has 11 heteroatoms. The third-order valence-electron chi connectivity index (χ3n) is 6.24. The zero-order valence-electron chi connectivity index (χ0n) is 21.5. The average molecular weight is 557 g/mol. The molecule has 2 N–H and O–H groups in total. The molecule has 8 nitrogen and oxygen atoms in total. The minimum atomic E-state index is -1.82. The van der Waals surface area contributed by atoms with Gasteiger partial charge in [-0.15, -0.1) is 0 Å². The molecule has 0 fully saturated rings. The van der Waals surface area contributed by atoms with Crippen LogP contribution >= 0.6 is 0 Å². The molecular formula is C30H23F3N6O2. The van der Waals surface area contributed by atoms with Crippen LogP contribution in [0.2, 0.25) is 0 Å². The van der Waals surface area contributed by atoms with E-state index >= 15 is 0 Å². The smallest absolute Gasteiger partial charge is 0.251 e. The molecule has 0 aliphatic heterocycles. The van der Waals surface area contributed by atoms with Crippen molar-refractivity contribution in [3.63, 3.8) is 0 Å². The van der Waals surface area contributed by atoms with Crippen LogP contribution in [0.15, 0.2) is 91.8 Å². The number of hydrogen-bond acceptors (Lipinski definition) is 5. The third kappa shape index (κ3) is 6.87. The second kappa shape index (κ2) is 11.9. The highest BCUT2D eigenvalue weighted by atomic mass is 19.1. The Morgan fingerprint density at radius 2 is 1.59 bits per heavy atom. The number of benzene rings is 3. The van der Waals surface area contributed by atoms with E-state index in [1.807, 2.05) is 0 Å². The Morgan fingerprint density at radius 3 is 2.29 bits per heavy atom. The molecular weight excluding hydrogens is 533 g/mol. The largest absolute Gasteiger partial charge is 0.381 e. The van der Waals surface area contributed by atoms with Gasteiger partial charge in [0.1, 0.15) is 35.7 Å². The van der Waals surface area contributed by atoms with Crippen LogP contribution in [0.25, 0.3) is 0 Å². The van der Waals surface area contributed by atoms with Gasteiger partial charge in [-0.2, -0.15) is 10.2 Å². The molecule has 5 aromatic rings. The first-order valence-electron chi connectivity index (χ1n) is 12.4. The number of carbonyl (C=O) groups excluding carboxylic acids is 1. The molecule has 206 valence electrons. The zero-order chi connectivity index (χ0) is 28.8. The summed E-state index contributed by atoms with van der Waals surface area (Å²) in [5.74, 6) is 3.70. The first kappa shape index (κ1) is 27.4. The maximum Gasteiger partial charge on any atom is 0.251 e. The molecule has 0 spiro atoms. The van der Waals surface area contributed by atoms with Gasteiger partial charge in [0.05, 0.1) is 24.8 Å². The molecule has 3 aromatic carbocycles. The summed E-state index contributed by atoms with van der Waals surface area (Å²) in [6, 6.07) is 15.6. The molecule has 1 unspecified atom stereocenters. The summed E-state index contributed by atoms with van der Waals surface area (Å²) in [6.07, 6.45) is 5.77. The van der Waals surface area contributed by atoms with Crippen molar-refractivity contribution >= 4 is 5.91 Å². The van der Waals surface area contributed by atoms with Gasteiger partial charge in [0, 0.05) is 35.5 Å². The quantitative estimate of drug-likeness (QED) is 0.284. The van der Waals surface area contributed by atoms with Gasteiger partial charge in [0.2, 0.25) is 0 Å². The van der Waals surface area contributed by atoms with E-state index in [1.54, 1.807) is 42.6 Å². The molecule has 0 aliphatic carbocycles. The SMILES string of the molecule is O=C(NCc1ccc(F)cc1)c1ccc(C#Cc2cnn(CC(O)(Cn3cncn3)c3ccc(F)cc3F)c2)cc1. The highest BCUT2D eigenvalue weighted by Gasteiger charge is 2.34. The Kier molecular flexibility index (Phi) is 7.94. The molecule has 1 atom stereocenters. The summed E-state index contributed by atoms with van der Waals surface area (Å²) in [5.41, 5.74) is 0.486. The van der Waals surface area contributed by atoms with Crippen LogP contribution < -0.4 is 5.32 Å². The fourth-order valence-corrected chi connectivity index (χ4v) is 4.19. The lowest BCUT2D eigenvalue weighted by molar-refractivity contribution is -0.00847. The van der Waals surface area contributed by atoms with Gasteiger partial charge in [0.15, 0.2) is 0 Å². The summed E-state index contributed by atoms with van der Waals surface area (Å²) >= 11 is 0. The summed E-state index contributed by atoms with van der Waals surface area (Å²) in [6.45, 7) is -0.0501. The minimum Gasteiger partial charge on any atom is -0.381 e. The van der Waals surface area contributed by atoms with Crippen molar-refractivity contribution in [3.8, 4) is 11.8 Å². The number of carbonyl (C=O) groups is 1. The molecule has 1 amide bonds. The predicted octanol–water partition coefficient (Wildman–Crippen LogP) is 3.81. The third-order valence-corrected chi connectivity index (χ3v) is 6.24. The van der Waals surface area contributed by atoms with Gasteiger partial charge in [-0.3, -0.25) is 9.48 Å². The Labute approximate surface area is 233 Å². The van der Waals surface area contributed by atoms with Gasteiger partial charge in [-0.1, -0.05) is 30.0 Å².